The minimum Gasteiger partial charge on any atom is -0.392 e. The molecule has 1 amide bonds. The molecule has 5 rings (SSSR count). The molecule has 2 unspecified atom stereocenters. The molecule has 1 saturated heterocycles. The van der Waals surface area contributed by atoms with Gasteiger partial charge in [0, 0.05) is 37.4 Å². The van der Waals surface area contributed by atoms with Crippen LogP contribution in [0.25, 0.3) is 0 Å². The molecule has 3 N–H and O–H groups in total. The number of halogens is 1. The number of amides is 1. The quantitative estimate of drug-likeness (QED) is 0.436. The fraction of sp³-hybridized carbons (Fsp3) is 0.370. The molecule has 182 valence electrons. The van der Waals surface area contributed by atoms with E-state index in [2.05, 4.69) is 34.4 Å². The van der Waals surface area contributed by atoms with E-state index in [0.29, 0.717) is 58.3 Å². The Morgan fingerprint density at radius 1 is 1.11 bits per heavy atom. The van der Waals surface area contributed by atoms with Crippen molar-refractivity contribution >= 4 is 29.3 Å². The first kappa shape index (κ1) is 23.6. The van der Waals surface area contributed by atoms with Crippen molar-refractivity contribution in [3.8, 4) is 0 Å². The Kier molecular flexibility index (Phi) is 6.38. The molecule has 2 atom stereocenters. The van der Waals surface area contributed by atoms with Crippen molar-refractivity contribution < 1.29 is 9.90 Å². The van der Waals surface area contributed by atoms with Crippen LogP contribution in [0.3, 0.4) is 0 Å². The van der Waals surface area contributed by atoms with Crippen molar-refractivity contribution in [2.75, 3.05) is 23.3 Å². The second-order valence-electron chi connectivity index (χ2n) is 9.98. The number of hydrogen-bond donors (Lipinski definition) is 3. The van der Waals surface area contributed by atoms with Gasteiger partial charge in [-0.05, 0) is 40.0 Å². The summed E-state index contributed by atoms with van der Waals surface area (Å²) in [5.41, 5.74) is 3.41. The zero-order valence-electron chi connectivity index (χ0n) is 20.0. The van der Waals surface area contributed by atoms with E-state index >= 15 is 0 Å². The van der Waals surface area contributed by atoms with E-state index in [-0.39, 0.29) is 12.5 Å². The first-order valence-electron chi connectivity index (χ1n) is 11.9. The summed E-state index contributed by atoms with van der Waals surface area (Å²) in [6.07, 6.45) is 1.61. The summed E-state index contributed by atoms with van der Waals surface area (Å²) in [4.78, 5) is 24.6. The van der Waals surface area contributed by atoms with E-state index < -0.39 is 0 Å². The lowest BCUT2D eigenvalue weighted by atomic mass is 10.1. The van der Waals surface area contributed by atoms with Gasteiger partial charge in [0.25, 0.3) is 5.91 Å². The van der Waals surface area contributed by atoms with Crippen molar-refractivity contribution in [1.82, 2.24) is 15.3 Å². The molecule has 35 heavy (non-hydrogen) atoms. The topological polar surface area (TPSA) is 90.4 Å². The largest absolute Gasteiger partial charge is 0.392 e. The van der Waals surface area contributed by atoms with Crippen molar-refractivity contribution in [2.45, 2.75) is 33.5 Å². The molecule has 0 radical (unpaired) electrons. The van der Waals surface area contributed by atoms with Gasteiger partial charge in [-0.15, -0.1) is 0 Å². The van der Waals surface area contributed by atoms with Crippen LogP contribution in [0.2, 0.25) is 5.02 Å². The second kappa shape index (κ2) is 9.47. The standard InChI is InChI=1S/C27H30ClN5O2/c1-27(2)21-14-33(15-22(21)27)26-31-13-20(25(35)30-11-17-6-4-3-5-7-17)24(32-26)29-12-18-8-9-19(16-34)23(28)10-18/h3-10,13,21-22,34H,11-12,14-16H2,1-2H3,(H,30,35)(H,29,31,32). The number of nitrogens with zero attached hydrogens (tertiary/aromatic N) is 3. The Bertz CT molecular complexity index is 1220. The lowest BCUT2D eigenvalue weighted by molar-refractivity contribution is 0.0951. The molecule has 1 aliphatic carbocycles. The molecule has 1 saturated carbocycles. The molecular weight excluding hydrogens is 462 g/mol. The zero-order chi connectivity index (χ0) is 24.6. The van der Waals surface area contributed by atoms with Crippen molar-refractivity contribution in [2.24, 2.45) is 17.3 Å². The van der Waals surface area contributed by atoms with Crippen molar-refractivity contribution in [1.29, 1.82) is 0 Å². The number of nitrogens with one attached hydrogen (secondary N) is 2. The monoisotopic (exact) mass is 491 g/mol. The Balaban J connectivity index is 1.35. The molecule has 3 aromatic rings. The Labute approximate surface area is 210 Å². The van der Waals surface area contributed by atoms with Crippen LogP contribution in [-0.4, -0.2) is 34.1 Å². The van der Waals surface area contributed by atoms with Gasteiger partial charge in [0.1, 0.15) is 11.4 Å². The first-order chi connectivity index (χ1) is 16.9. The van der Waals surface area contributed by atoms with Crippen LogP contribution < -0.4 is 15.5 Å². The number of carbonyl (C=O) groups excluding carboxylic acids is 1. The molecule has 2 aliphatic rings. The SMILES string of the molecule is CC1(C)C2CN(c3ncc(C(=O)NCc4ccccc4)c(NCc4ccc(CO)c(Cl)c4)n3)CC21. The summed E-state index contributed by atoms with van der Waals surface area (Å²) in [5, 5.41) is 16.2. The number of piperidine rings is 1. The van der Waals surface area contributed by atoms with E-state index in [1.807, 2.05) is 42.5 Å². The van der Waals surface area contributed by atoms with Gasteiger partial charge < -0.3 is 20.6 Å². The van der Waals surface area contributed by atoms with Crippen LogP contribution in [0.1, 0.15) is 40.9 Å². The highest BCUT2D eigenvalue weighted by Crippen LogP contribution is 2.62. The van der Waals surface area contributed by atoms with Crippen LogP contribution >= 0.6 is 11.6 Å². The number of aliphatic hydroxyl groups is 1. The van der Waals surface area contributed by atoms with Gasteiger partial charge >= 0.3 is 0 Å². The summed E-state index contributed by atoms with van der Waals surface area (Å²) in [7, 11) is 0. The molecule has 2 fully saturated rings. The molecule has 0 bridgehead atoms. The van der Waals surface area contributed by atoms with E-state index in [1.165, 1.54) is 0 Å². The number of rotatable bonds is 8. The molecule has 8 heteroatoms. The molecule has 2 aromatic carbocycles. The minimum atomic E-state index is -0.234. The summed E-state index contributed by atoms with van der Waals surface area (Å²) >= 11 is 6.26. The maximum Gasteiger partial charge on any atom is 0.256 e. The number of fused-ring (bicyclic) bond motifs is 1. The van der Waals surface area contributed by atoms with Gasteiger partial charge in [0.2, 0.25) is 5.95 Å². The van der Waals surface area contributed by atoms with Gasteiger partial charge in [-0.1, -0.05) is 67.9 Å². The maximum atomic E-state index is 13.1. The number of aromatic nitrogens is 2. The van der Waals surface area contributed by atoms with Gasteiger partial charge in [0.15, 0.2) is 0 Å². The Hall–Kier alpha value is -3.16. The molecule has 0 spiro atoms. The molecule has 2 heterocycles. The first-order valence-corrected chi connectivity index (χ1v) is 12.3. The molecule has 1 aromatic heterocycles. The van der Waals surface area contributed by atoms with Crippen LogP contribution in [-0.2, 0) is 19.7 Å². The lowest BCUT2D eigenvalue weighted by Crippen LogP contribution is -2.29. The van der Waals surface area contributed by atoms with E-state index in [0.717, 1.165) is 24.2 Å². The Morgan fingerprint density at radius 3 is 2.54 bits per heavy atom. The fourth-order valence-electron chi connectivity index (χ4n) is 5.01. The van der Waals surface area contributed by atoms with E-state index in [1.54, 1.807) is 12.3 Å². The summed E-state index contributed by atoms with van der Waals surface area (Å²) in [6, 6.07) is 15.3. The van der Waals surface area contributed by atoms with Crippen LogP contribution in [0.15, 0.2) is 54.7 Å². The molecular formula is C27H30ClN5O2. The highest BCUT2D eigenvalue weighted by atomic mass is 35.5. The van der Waals surface area contributed by atoms with Crippen molar-refractivity contribution in [3.05, 3.63) is 82.0 Å². The fourth-order valence-corrected chi connectivity index (χ4v) is 5.27. The molecule has 7 nitrogen and oxygen atoms in total. The summed E-state index contributed by atoms with van der Waals surface area (Å²) < 4.78 is 0. The van der Waals surface area contributed by atoms with Crippen LogP contribution in [0.4, 0.5) is 11.8 Å². The second-order valence-corrected chi connectivity index (χ2v) is 10.4. The van der Waals surface area contributed by atoms with Gasteiger partial charge in [0.05, 0.1) is 6.61 Å². The van der Waals surface area contributed by atoms with Gasteiger partial charge in [-0.3, -0.25) is 4.79 Å². The average molecular weight is 492 g/mol. The third-order valence-electron chi connectivity index (χ3n) is 7.47. The number of aliphatic hydroxyl groups excluding tert-OH is 1. The summed E-state index contributed by atoms with van der Waals surface area (Å²) in [6.45, 7) is 7.26. The van der Waals surface area contributed by atoms with E-state index in [9.17, 15) is 9.90 Å². The predicted octanol–water partition coefficient (Wildman–Crippen LogP) is 4.26. The highest BCUT2D eigenvalue weighted by molar-refractivity contribution is 6.31. The molecule has 1 aliphatic heterocycles. The maximum absolute atomic E-state index is 13.1. The van der Waals surface area contributed by atoms with Crippen molar-refractivity contribution in [3.63, 3.8) is 0 Å². The van der Waals surface area contributed by atoms with Crippen LogP contribution in [0, 0.1) is 17.3 Å². The summed E-state index contributed by atoms with van der Waals surface area (Å²) in [5.74, 6) is 2.24. The smallest absolute Gasteiger partial charge is 0.256 e. The minimum absolute atomic E-state index is 0.109. The average Bonchev–Trinajstić information content (AvgIpc) is 3.19. The van der Waals surface area contributed by atoms with E-state index in [4.69, 9.17) is 16.6 Å². The van der Waals surface area contributed by atoms with Gasteiger partial charge in [-0.25, -0.2) is 4.98 Å². The Morgan fingerprint density at radius 2 is 1.86 bits per heavy atom. The number of benzene rings is 2. The third-order valence-corrected chi connectivity index (χ3v) is 7.82. The lowest BCUT2D eigenvalue weighted by Gasteiger charge is -2.23. The number of hydrogen-bond acceptors (Lipinski definition) is 6. The highest BCUT2D eigenvalue weighted by Gasteiger charge is 2.62. The van der Waals surface area contributed by atoms with Gasteiger partial charge in [-0.2, -0.15) is 4.98 Å². The third kappa shape index (κ3) is 4.83. The normalized spacial score (nSPS) is 19.8. The number of carbonyl (C=O) groups is 1. The predicted molar refractivity (Wildman–Crippen MR) is 137 cm³/mol. The van der Waals surface area contributed by atoms with Crippen LogP contribution in [0.5, 0.6) is 0 Å². The zero-order valence-corrected chi connectivity index (χ0v) is 20.7. The number of anilines is 2.